The number of nitrogens with one attached hydrogen (secondary N) is 1. The van der Waals surface area contributed by atoms with Crippen molar-refractivity contribution in [2.45, 2.75) is 45.8 Å². The Morgan fingerprint density at radius 1 is 1.13 bits per heavy atom. The number of ether oxygens (including phenoxy) is 2. The number of hydrogen-bond acceptors (Lipinski definition) is 6. The predicted molar refractivity (Wildman–Crippen MR) is 113 cm³/mol. The second-order valence-corrected chi connectivity index (χ2v) is 8.11. The second-order valence-electron chi connectivity index (χ2n) is 8.11. The molecule has 3 rings (SSSR count). The zero-order valence-electron chi connectivity index (χ0n) is 17.8. The predicted octanol–water partition coefficient (Wildman–Crippen LogP) is 4.41. The van der Waals surface area contributed by atoms with Gasteiger partial charge in [-0.15, -0.1) is 0 Å². The van der Waals surface area contributed by atoms with Gasteiger partial charge in [-0.3, -0.25) is 0 Å². The van der Waals surface area contributed by atoms with E-state index in [-0.39, 0.29) is 6.42 Å². The Balaban J connectivity index is 1.80. The van der Waals surface area contributed by atoms with E-state index in [1.165, 1.54) is 7.11 Å². The van der Waals surface area contributed by atoms with Crippen molar-refractivity contribution < 1.29 is 23.5 Å². The largest absolute Gasteiger partial charge is 0.467 e. The lowest BCUT2D eigenvalue weighted by molar-refractivity contribution is -0.143. The maximum Gasteiger partial charge on any atom is 0.408 e. The van der Waals surface area contributed by atoms with Crippen LogP contribution in [0.3, 0.4) is 0 Å². The van der Waals surface area contributed by atoms with Crippen LogP contribution in [-0.2, 0) is 20.7 Å². The topological polar surface area (TPSA) is 90.7 Å². The van der Waals surface area contributed by atoms with Crippen LogP contribution in [0.1, 0.15) is 31.9 Å². The molecule has 2 aromatic carbocycles. The van der Waals surface area contributed by atoms with Crippen LogP contribution >= 0.6 is 0 Å². The molecule has 1 heterocycles. The summed E-state index contributed by atoms with van der Waals surface area (Å²) >= 11 is 0. The number of fused-ring (bicyclic) bond motifs is 1. The quantitative estimate of drug-likeness (QED) is 0.627. The zero-order valence-corrected chi connectivity index (χ0v) is 17.8. The summed E-state index contributed by atoms with van der Waals surface area (Å²) in [5, 5.41) is 2.58. The fraction of sp³-hybridized carbons (Fsp3) is 0.348. The third kappa shape index (κ3) is 5.37. The number of esters is 1. The van der Waals surface area contributed by atoms with Gasteiger partial charge < -0.3 is 19.2 Å². The molecule has 0 bridgehead atoms. The summed E-state index contributed by atoms with van der Waals surface area (Å²) in [6, 6.07) is 12.5. The van der Waals surface area contributed by atoms with Crippen LogP contribution in [0.15, 0.2) is 46.9 Å². The molecule has 3 aromatic rings. The lowest BCUT2D eigenvalue weighted by atomic mass is 10.1. The SMILES string of the molecule is COC(=O)[C@H](Cc1ccc2oc(-c3ccc(C)cc3)nc2c1)NC(=O)OC(C)(C)C. The molecule has 0 unspecified atom stereocenters. The number of oxazole rings is 1. The van der Waals surface area contributed by atoms with Crippen molar-refractivity contribution in [2.75, 3.05) is 7.11 Å². The highest BCUT2D eigenvalue weighted by Crippen LogP contribution is 2.25. The second kappa shape index (κ2) is 8.57. The number of carbonyl (C=O) groups is 2. The standard InChI is InChI=1S/C23H26N2O5/c1-14-6-9-16(10-7-14)20-24-17-12-15(8-11-19(17)29-20)13-18(21(26)28-5)25-22(27)30-23(2,3)4/h6-12,18H,13H2,1-5H3,(H,25,27)/t18-/m0/s1. The highest BCUT2D eigenvalue weighted by molar-refractivity contribution is 5.82. The summed E-state index contributed by atoms with van der Waals surface area (Å²) in [7, 11) is 1.28. The zero-order chi connectivity index (χ0) is 21.9. The van der Waals surface area contributed by atoms with E-state index in [9.17, 15) is 9.59 Å². The number of benzene rings is 2. The lowest BCUT2D eigenvalue weighted by Gasteiger charge is -2.22. The fourth-order valence-electron chi connectivity index (χ4n) is 2.94. The van der Waals surface area contributed by atoms with E-state index in [1.807, 2.05) is 43.3 Å². The molecule has 0 fully saturated rings. The van der Waals surface area contributed by atoms with Crippen LogP contribution in [0.4, 0.5) is 4.79 Å². The maximum atomic E-state index is 12.2. The number of nitrogens with zero attached hydrogens (tertiary/aromatic N) is 1. The van der Waals surface area contributed by atoms with Crippen molar-refractivity contribution in [2.24, 2.45) is 0 Å². The molecule has 0 spiro atoms. The van der Waals surface area contributed by atoms with Gasteiger partial charge in [0.2, 0.25) is 5.89 Å². The minimum atomic E-state index is -0.884. The molecule has 1 atom stereocenters. The first-order valence-corrected chi connectivity index (χ1v) is 9.68. The molecule has 0 radical (unpaired) electrons. The van der Waals surface area contributed by atoms with Crippen LogP contribution in [0.2, 0.25) is 0 Å². The highest BCUT2D eigenvalue weighted by atomic mass is 16.6. The summed E-state index contributed by atoms with van der Waals surface area (Å²) in [5.74, 6) is -0.0278. The molecule has 0 aliphatic heterocycles. The average molecular weight is 410 g/mol. The number of carbonyl (C=O) groups excluding carboxylic acids is 2. The maximum absolute atomic E-state index is 12.2. The molecule has 1 N–H and O–H groups in total. The minimum Gasteiger partial charge on any atom is -0.467 e. The Morgan fingerprint density at radius 2 is 1.83 bits per heavy atom. The van der Waals surface area contributed by atoms with Crippen molar-refractivity contribution in [3.63, 3.8) is 0 Å². The molecule has 7 heteroatoms. The Morgan fingerprint density at radius 3 is 2.47 bits per heavy atom. The monoisotopic (exact) mass is 410 g/mol. The van der Waals surface area contributed by atoms with E-state index in [2.05, 4.69) is 10.3 Å². The number of rotatable bonds is 5. The molecule has 1 aromatic heterocycles. The van der Waals surface area contributed by atoms with E-state index >= 15 is 0 Å². The molecule has 158 valence electrons. The van der Waals surface area contributed by atoms with E-state index in [1.54, 1.807) is 26.8 Å². The third-order valence-electron chi connectivity index (χ3n) is 4.37. The number of alkyl carbamates (subject to hydrolysis) is 1. The summed E-state index contributed by atoms with van der Waals surface area (Å²) in [6.45, 7) is 7.28. The Kier molecular flexibility index (Phi) is 6.10. The van der Waals surface area contributed by atoms with Gasteiger partial charge in [-0.05, 0) is 57.5 Å². The van der Waals surface area contributed by atoms with Gasteiger partial charge >= 0.3 is 12.1 Å². The van der Waals surface area contributed by atoms with Crippen molar-refractivity contribution in [1.29, 1.82) is 0 Å². The van der Waals surface area contributed by atoms with Crippen LogP contribution in [0.25, 0.3) is 22.6 Å². The van der Waals surface area contributed by atoms with Gasteiger partial charge in [-0.2, -0.15) is 0 Å². The van der Waals surface area contributed by atoms with E-state index in [4.69, 9.17) is 13.9 Å². The average Bonchev–Trinajstić information content (AvgIpc) is 3.09. The Labute approximate surface area is 175 Å². The van der Waals surface area contributed by atoms with Crippen molar-refractivity contribution in [3.05, 3.63) is 53.6 Å². The van der Waals surface area contributed by atoms with E-state index < -0.39 is 23.7 Å². The van der Waals surface area contributed by atoms with Gasteiger partial charge in [-0.1, -0.05) is 23.8 Å². The number of aryl methyl sites for hydroxylation is 1. The molecular weight excluding hydrogens is 384 g/mol. The summed E-state index contributed by atoms with van der Waals surface area (Å²) in [6.07, 6.45) is -0.448. The van der Waals surface area contributed by atoms with Crippen LogP contribution < -0.4 is 5.32 Å². The summed E-state index contributed by atoms with van der Waals surface area (Å²) in [5.41, 5.74) is 3.49. The van der Waals surface area contributed by atoms with Gasteiger partial charge in [0.05, 0.1) is 7.11 Å². The molecule has 0 aliphatic carbocycles. The first kappa shape index (κ1) is 21.4. The molecular formula is C23H26N2O5. The molecule has 0 saturated heterocycles. The van der Waals surface area contributed by atoms with Gasteiger partial charge in [0.25, 0.3) is 0 Å². The summed E-state index contributed by atoms with van der Waals surface area (Å²) in [4.78, 5) is 28.8. The number of amides is 1. The van der Waals surface area contributed by atoms with Crippen LogP contribution in [0.5, 0.6) is 0 Å². The third-order valence-corrected chi connectivity index (χ3v) is 4.37. The molecule has 30 heavy (non-hydrogen) atoms. The smallest absolute Gasteiger partial charge is 0.408 e. The van der Waals surface area contributed by atoms with Crippen molar-refractivity contribution in [3.8, 4) is 11.5 Å². The van der Waals surface area contributed by atoms with Crippen LogP contribution in [-0.4, -0.2) is 35.8 Å². The first-order chi connectivity index (χ1) is 14.1. The van der Waals surface area contributed by atoms with Crippen LogP contribution in [0, 0.1) is 6.92 Å². The molecule has 1 amide bonds. The Bertz CT molecular complexity index is 1050. The fourth-order valence-corrected chi connectivity index (χ4v) is 2.94. The summed E-state index contributed by atoms with van der Waals surface area (Å²) < 4.78 is 15.9. The van der Waals surface area contributed by atoms with Gasteiger partial charge in [0, 0.05) is 12.0 Å². The normalized spacial score (nSPS) is 12.4. The van der Waals surface area contributed by atoms with Gasteiger partial charge in [-0.25, -0.2) is 14.6 Å². The van der Waals surface area contributed by atoms with E-state index in [0.29, 0.717) is 17.0 Å². The highest BCUT2D eigenvalue weighted by Gasteiger charge is 2.25. The molecule has 7 nitrogen and oxygen atoms in total. The minimum absolute atomic E-state index is 0.231. The molecule has 0 aliphatic rings. The lowest BCUT2D eigenvalue weighted by Crippen LogP contribution is -2.45. The van der Waals surface area contributed by atoms with Gasteiger partial charge in [0.1, 0.15) is 17.2 Å². The van der Waals surface area contributed by atoms with E-state index in [0.717, 1.165) is 16.7 Å². The van der Waals surface area contributed by atoms with Crippen molar-refractivity contribution in [1.82, 2.24) is 10.3 Å². The Hall–Kier alpha value is -3.35. The van der Waals surface area contributed by atoms with Crippen molar-refractivity contribution >= 4 is 23.2 Å². The van der Waals surface area contributed by atoms with Gasteiger partial charge in [0.15, 0.2) is 5.58 Å². The number of aromatic nitrogens is 1. The number of methoxy groups -OCH3 is 1. The number of hydrogen-bond donors (Lipinski definition) is 1. The first-order valence-electron chi connectivity index (χ1n) is 9.68. The molecule has 0 saturated carbocycles.